The molecular weight excluding hydrogens is 407 g/mol. The Morgan fingerprint density at radius 2 is 1.63 bits per heavy atom. The molecule has 27 heavy (non-hydrogen) atoms. The van der Waals surface area contributed by atoms with Crippen LogP contribution in [0.1, 0.15) is 24.9 Å². The van der Waals surface area contributed by atoms with Crippen molar-refractivity contribution in [3.05, 3.63) is 34.9 Å². The molecular formula is C19H31Cl3N4O. The number of hydrogen-bond donors (Lipinski definition) is 1. The van der Waals surface area contributed by atoms with Crippen LogP contribution in [0.2, 0.25) is 5.02 Å². The minimum Gasteiger partial charge on any atom is -0.340 e. The zero-order chi connectivity index (χ0) is 17.6. The van der Waals surface area contributed by atoms with Gasteiger partial charge in [0.2, 0.25) is 5.91 Å². The van der Waals surface area contributed by atoms with Gasteiger partial charge in [-0.1, -0.05) is 23.7 Å². The molecule has 0 spiro atoms. The molecule has 1 amide bonds. The molecule has 1 unspecified atom stereocenters. The number of nitrogens with one attached hydrogen (secondary N) is 1. The smallest absolute Gasteiger partial charge is 0.223 e. The Hall–Kier alpha value is -0.560. The molecule has 1 N–H and O–H groups in total. The molecule has 2 heterocycles. The second kappa shape index (κ2) is 12.1. The van der Waals surface area contributed by atoms with Gasteiger partial charge in [0.15, 0.2) is 0 Å². The van der Waals surface area contributed by atoms with Crippen molar-refractivity contribution in [2.24, 2.45) is 0 Å². The topological polar surface area (TPSA) is 38.8 Å². The van der Waals surface area contributed by atoms with Gasteiger partial charge in [-0.2, -0.15) is 0 Å². The molecule has 2 aliphatic heterocycles. The van der Waals surface area contributed by atoms with Gasteiger partial charge in [0.05, 0.1) is 0 Å². The fraction of sp³-hybridized carbons (Fsp3) is 0.632. The summed E-state index contributed by atoms with van der Waals surface area (Å²) in [5, 5.41) is 4.08. The molecule has 0 bridgehead atoms. The van der Waals surface area contributed by atoms with Gasteiger partial charge in [-0.3, -0.25) is 9.69 Å². The SMILES string of the molecule is CC(c1ccc(Cl)cc1)N1CCN(CCC(=O)N2CCNCC2)CC1.Cl.Cl. The van der Waals surface area contributed by atoms with Gasteiger partial charge in [0.25, 0.3) is 0 Å². The average molecular weight is 438 g/mol. The molecule has 2 aliphatic rings. The van der Waals surface area contributed by atoms with Crippen molar-refractivity contribution >= 4 is 42.3 Å². The second-order valence-corrected chi connectivity index (χ2v) is 7.42. The van der Waals surface area contributed by atoms with Crippen LogP contribution in [0.4, 0.5) is 0 Å². The molecule has 0 aliphatic carbocycles. The van der Waals surface area contributed by atoms with Gasteiger partial charge in [0, 0.05) is 76.4 Å². The predicted molar refractivity (Wildman–Crippen MR) is 116 cm³/mol. The van der Waals surface area contributed by atoms with Crippen molar-refractivity contribution < 1.29 is 4.79 Å². The highest BCUT2D eigenvalue weighted by Crippen LogP contribution is 2.23. The van der Waals surface area contributed by atoms with Crippen molar-refractivity contribution in [2.75, 3.05) is 58.9 Å². The number of carbonyl (C=O) groups is 1. The van der Waals surface area contributed by atoms with E-state index in [2.05, 4.69) is 34.2 Å². The van der Waals surface area contributed by atoms with Gasteiger partial charge in [-0.05, 0) is 24.6 Å². The summed E-state index contributed by atoms with van der Waals surface area (Å²) >= 11 is 5.98. The summed E-state index contributed by atoms with van der Waals surface area (Å²) in [5.74, 6) is 0.304. The molecule has 1 atom stereocenters. The van der Waals surface area contributed by atoms with Gasteiger partial charge < -0.3 is 15.1 Å². The zero-order valence-electron chi connectivity index (χ0n) is 15.9. The van der Waals surface area contributed by atoms with Gasteiger partial charge in [-0.15, -0.1) is 24.8 Å². The molecule has 1 aromatic carbocycles. The summed E-state index contributed by atoms with van der Waals surface area (Å²) in [6, 6.07) is 8.57. The van der Waals surface area contributed by atoms with Crippen LogP contribution in [0.3, 0.4) is 0 Å². The lowest BCUT2D eigenvalue weighted by atomic mass is 10.1. The fourth-order valence-corrected chi connectivity index (χ4v) is 3.78. The lowest BCUT2D eigenvalue weighted by Crippen LogP contribution is -2.49. The number of halogens is 3. The van der Waals surface area contributed by atoms with Crippen LogP contribution in [0, 0.1) is 0 Å². The lowest BCUT2D eigenvalue weighted by molar-refractivity contribution is -0.132. The van der Waals surface area contributed by atoms with E-state index in [1.165, 1.54) is 5.56 Å². The van der Waals surface area contributed by atoms with E-state index in [1.54, 1.807) is 0 Å². The third kappa shape index (κ3) is 7.08. The number of amides is 1. The van der Waals surface area contributed by atoms with Crippen LogP contribution in [0.5, 0.6) is 0 Å². The van der Waals surface area contributed by atoms with Crippen LogP contribution in [-0.2, 0) is 4.79 Å². The highest BCUT2D eigenvalue weighted by Gasteiger charge is 2.23. The molecule has 3 rings (SSSR count). The van der Waals surface area contributed by atoms with Gasteiger partial charge >= 0.3 is 0 Å². The molecule has 2 saturated heterocycles. The van der Waals surface area contributed by atoms with E-state index >= 15 is 0 Å². The first-order valence-electron chi connectivity index (χ1n) is 9.34. The van der Waals surface area contributed by atoms with E-state index in [4.69, 9.17) is 11.6 Å². The van der Waals surface area contributed by atoms with Crippen LogP contribution in [0.15, 0.2) is 24.3 Å². The summed E-state index contributed by atoms with van der Waals surface area (Å²) in [4.78, 5) is 19.2. The molecule has 154 valence electrons. The van der Waals surface area contributed by atoms with Crippen molar-refractivity contribution in [1.82, 2.24) is 20.0 Å². The lowest BCUT2D eigenvalue weighted by Gasteiger charge is -2.38. The molecule has 5 nitrogen and oxygen atoms in total. The quantitative estimate of drug-likeness (QED) is 0.769. The summed E-state index contributed by atoms with van der Waals surface area (Å²) in [5.41, 5.74) is 1.31. The summed E-state index contributed by atoms with van der Waals surface area (Å²) < 4.78 is 0. The van der Waals surface area contributed by atoms with Crippen molar-refractivity contribution in [1.29, 1.82) is 0 Å². The van der Waals surface area contributed by atoms with E-state index in [0.717, 1.165) is 63.9 Å². The number of carbonyl (C=O) groups excluding carboxylic acids is 1. The third-order valence-corrected chi connectivity index (χ3v) is 5.67. The molecule has 0 saturated carbocycles. The Bertz CT molecular complexity index is 559. The van der Waals surface area contributed by atoms with Crippen LogP contribution < -0.4 is 5.32 Å². The minimum atomic E-state index is 0. The van der Waals surface area contributed by atoms with E-state index in [-0.39, 0.29) is 24.8 Å². The largest absolute Gasteiger partial charge is 0.340 e. The molecule has 2 fully saturated rings. The van der Waals surface area contributed by atoms with E-state index in [0.29, 0.717) is 18.4 Å². The Kier molecular flexibility index (Phi) is 11.0. The standard InChI is InChI=1S/C19H29ClN4O.2ClH/c1-16(17-2-4-18(20)5-3-17)23-14-12-22(13-15-23)9-6-19(25)24-10-7-21-8-11-24;;/h2-5,16,21H,6-15H2,1H3;2*1H. The van der Waals surface area contributed by atoms with Crippen LogP contribution >= 0.6 is 36.4 Å². The van der Waals surface area contributed by atoms with Gasteiger partial charge in [-0.25, -0.2) is 0 Å². The maximum atomic E-state index is 12.3. The van der Waals surface area contributed by atoms with Crippen LogP contribution in [0.25, 0.3) is 0 Å². The van der Waals surface area contributed by atoms with Crippen LogP contribution in [-0.4, -0.2) is 79.5 Å². The number of benzene rings is 1. The Morgan fingerprint density at radius 1 is 1.04 bits per heavy atom. The number of piperazine rings is 2. The zero-order valence-corrected chi connectivity index (χ0v) is 18.3. The molecule has 0 radical (unpaired) electrons. The summed E-state index contributed by atoms with van der Waals surface area (Å²) in [6.07, 6.45) is 0.646. The van der Waals surface area contributed by atoms with E-state index in [1.807, 2.05) is 17.0 Å². The number of nitrogens with zero attached hydrogens (tertiary/aromatic N) is 3. The predicted octanol–water partition coefficient (Wildman–Crippen LogP) is 2.68. The highest BCUT2D eigenvalue weighted by molar-refractivity contribution is 6.30. The summed E-state index contributed by atoms with van der Waals surface area (Å²) in [6.45, 7) is 10.9. The van der Waals surface area contributed by atoms with E-state index in [9.17, 15) is 4.79 Å². The van der Waals surface area contributed by atoms with Crippen molar-refractivity contribution in [3.8, 4) is 0 Å². The first-order valence-corrected chi connectivity index (χ1v) is 9.71. The Morgan fingerprint density at radius 3 is 2.22 bits per heavy atom. The number of rotatable bonds is 5. The van der Waals surface area contributed by atoms with Gasteiger partial charge in [0.1, 0.15) is 0 Å². The fourth-order valence-electron chi connectivity index (χ4n) is 3.65. The summed E-state index contributed by atoms with van der Waals surface area (Å²) in [7, 11) is 0. The first kappa shape index (κ1) is 24.5. The third-order valence-electron chi connectivity index (χ3n) is 5.42. The Labute approximate surface area is 180 Å². The van der Waals surface area contributed by atoms with E-state index < -0.39 is 0 Å². The normalized spacial score (nSPS) is 19.7. The Balaban J connectivity index is 0.00000182. The molecule has 0 aromatic heterocycles. The number of hydrogen-bond acceptors (Lipinski definition) is 4. The monoisotopic (exact) mass is 436 g/mol. The maximum absolute atomic E-state index is 12.3. The van der Waals surface area contributed by atoms with Crippen molar-refractivity contribution in [3.63, 3.8) is 0 Å². The maximum Gasteiger partial charge on any atom is 0.223 e. The molecule has 8 heteroatoms. The highest BCUT2D eigenvalue weighted by atomic mass is 35.5. The minimum absolute atomic E-state index is 0. The first-order chi connectivity index (χ1) is 12.1. The average Bonchev–Trinajstić information content (AvgIpc) is 2.67. The molecule has 1 aromatic rings. The second-order valence-electron chi connectivity index (χ2n) is 6.99. The van der Waals surface area contributed by atoms with Crippen molar-refractivity contribution in [2.45, 2.75) is 19.4 Å².